The molecule has 0 spiro atoms. The van der Waals surface area contributed by atoms with Gasteiger partial charge in [-0.1, -0.05) is 64.1 Å². The molecule has 1 rings (SSSR count). The fourth-order valence-corrected chi connectivity index (χ4v) is 3.49. The average Bonchev–Trinajstić information content (AvgIpc) is 2.70. The number of hydrogen-bond acceptors (Lipinski definition) is 4. The van der Waals surface area contributed by atoms with Gasteiger partial charge in [0.05, 0.1) is 18.6 Å². The van der Waals surface area contributed by atoms with Gasteiger partial charge in [0, 0.05) is 18.0 Å². The van der Waals surface area contributed by atoms with Crippen molar-refractivity contribution in [2.45, 2.75) is 52.1 Å². The number of amides is 2. The van der Waals surface area contributed by atoms with Crippen molar-refractivity contribution >= 4 is 17.8 Å². The van der Waals surface area contributed by atoms with Crippen LogP contribution in [0.1, 0.15) is 40.2 Å². The van der Waals surface area contributed by atoms with Crippen LogP contribution in [0.5, 0.6) is 0 Å². The molecule has 1 aromatic rings. The first-order valence-electron chi connectivity index (χ1n) is 10.1. The number of nitrogens with zero attached hydrogens (tertiary/aromatic N) is 1. The zero-order chi connectivity index (χ0) is 23.1. The quantitative estimate of drug-likeness (QED) is 0.507. The number of carbonyl (C=O) groups excluding carboxylic acids is 2. The Morgan fingerprint density at radius 2 is 1.73 bits per heavy atom. The molecule has 0 saturated carbocycles. The number of aliphatic carboxylic acids is 1. The molecule has 0 radical (unpaired) electrons. The van der Waals surface area contributed by atoms with Gasteiger partial charge in [-0.15, -0.1) is 0 Å². The Bertz CT molecular complexity index is 772. The summed E-state index contributed by atoms with van der Waals surface area (Å²) in [7, 11) is 3.34. The second-order valence-electron chi connectivity index (χ2n) is 8.42. The second-order valence-corrected chi connectivity index (χ2v) is 8.42. The molecule has 2 atom stereocenters. The third kappa shape index (κ3) is 6.42. The molecular weight excluding hydrogens is 382 g/mol. The standard InChI is InChI=1S/C23H35N3O4/c1-15(2)18(13-16(3)22(29)30)26(7)19(27)14-25-21(28)20(24-6)23(4,5)17-11-9-8-10-12-17/h8-13,15,18,20,24H,14H2,1-7H3,(H,25,28)(H,29,30)/b16-13+. The first kappa shape index (κ1) is 25.4. The van der Waals surface area contributed by atoms with Gasteiger partial charge in [-0.05, 0) is 25.5 Å². The van der Waals surface area contributed by atoms with E-state index >= 15 is 0 Å². The molecule has 7 nitrogen and oxygen atoms in total. The Morgan fingerprint density at radius 3 is 2.20 bits per heavy atom. The predicted octanol–water partition coefficient (Wildman–Crippen LogP) is 2.18. The minimum atomic E-state index is -1.02. The van der Waals surface area contributed by atoms with E-state index in [1.165, 1.54) is 11.8 Å². The molecule has 0 aliphatic heterocycles. The molecule has 1 aromatic carbocycles. The van der Waals surface area contributed by atoms with Crippen molar-refractivity contribution in [1.82, 2.24) is 15.5 Å². The summed E-state index contributed by atoms with van der Waals surface area (Å²) in [5.41, 5.74) is 0.700. The second kappa shape index (κ2) is 10.9. The number of likely N-dealkylation sites (N-methyl/N-ethyl adjacent to an activating group) is 2. The van der Waals surface area contributed by atoms with Gasteiger partial charge in [0.2, 0.25) is 11.8 Å². The van der Waals surface area contributed by atoms with Gasteiger partial charge in [-0.2, -0.15) is 0 Å². The minimum Gasteiger partial charge on any atom is -0.478 e. The highest BCUT2D eigenvalue weighted by Gasteiger charge is 2.35. The van der Waals surface area contributed by atoms with E-state index in [-0.39, 0.29) is 35.9 Å². The molecule has 166 valence electrons. The van der Waals surface area contributed by atoms with Crippen LogP contribution >= 0.6 is 0 Å². The lowest BCUT2D eigenvalue weighted by molar-refractivity contribution is -0.134. The van der Waals surface area contributed by atoms with E-state index in [2.05, 4.69) is 10.6 Å². The van der Waals surface area contributed by atoms with Gasteiger partial charge in [-0.3, -0.25) is 9.59 Å². The summed E-state index contributed by atoms with van der Waals surface area (Å²) in [6.07, 6.45) is 1.57. The Balaban J connectivity index is 2.87. The number of benzene rings is 1. The maximum atomic E-state index is 12.9. The van der Waals surface area contributed by atoms with Crippen molar-refractivity contribution in [1.29, 1.82) is 0 Å². The van der Waals surface area contributed by atoms with E-state index in [1.54, 1.807) is 20.2 Å². The molecule has 2 amide bonds. The lowest BCUT2D eigenvalue weighted by Gasteiger charge is -2.34. The van der Waals surface area contributed by atoms with E-state index in [0.717, 1.165) is 5.56 Å². The first-order chi connectivity index (χ1) is 13.9. The van der Waals surface area contributed by atoms with Crippen LogP contribution in [0.15, 0.2) is 42.0 Å². The van der Waals surface area contributed by atoms with Crippen molar-refractivity contribution in [2.75, 3.05) is 20.6 Å². The highest BCUT2D eigenvalue weighted by atomic mass is 16.4. The first-order valence-corrected chi connectivity index (χ1v) is 10.1. The van der Waals surface area contributed by atoms with Crippen LogP contribution in [0.4, 0.5) is 0 Å². The maximum absolute atomic E-state index is 12.9. The number of hydrogen-bond donors (Lipinski definition) is 3. The van der Waals surface area contributed by atoms with E-state index in [4.69, 9.17) is 5.11 Å². The molecular formula is C23H35N3O4. The molecule has 0 aliphatic carbocycles. The number of carbonyl (C=O) groups is 3. The average molecular weight is 418 g/mol. The third-order valence-corrected chi connectivity index (χ3v) is 5.49. The summed E-state index contributed by atoms with van der Waals surface area (Å²) in [6.45, 7) is 9.12. The lowest BCUT2D eigenvalue weighted by Crippen LogP contribution is -2.55. The topological polar surface area (TPSA) is 98.7 Å². The van der Waals surface area contributed by atoms with Gasteiger partial charge in [0.15, 0.2) is 0 Å². The van der Waals surface area contributed by atoms with Crippen molar-refractivity contribution in [3.05, 3.63) is 47.5 Å². The normalized spacial score (nSPS) is 14.2. The Kier molecular flexibility index (Phi) is 9.23. The maximum Gasteiger partial charge on any atom is 0.331 e. The smallest absolute Gasteiger partial charge is 0.331 e. The summed E-state index contributed by atoms with van der Waals surface area (Å²) in [5, 5.41) is 14.9. The molecule has 0 fully saturated rings. The van der Waals surface area contributed by atoms with Gasteiger partial charge in [0.1, 0.15) is 0 Å². The van der Waals surface area contributed by atoms with Crippen LogP contribution in [0.2, 0.25) is 0 Å². The highest BCUT2D eigenvalue weighted by molar-refractivity contribution is 5.89. The van der Waals surface area contributed by atoms with Crippen LogP contribution in [-0.2, 0) is 19.8 Å². The Hall–Kier alpha value is -2.67. The lowest BCUT2D eigenvalue weighted by atomic mass is 9.77. The monoisotopic (exact) mass is 417 g/mol. The molecule has 0 heterocycles. The molecule has 2 unspecified atom stereocenters. The number of carboxylic acids is 1. The number of rotatable bonds is 10. The van der Waals surface area contributed by atoms with Crippen LogP contribution in [0.3, 0.4) is 0 Å². The van der Waals surface area contributed by atoms with Crippen LogP contribution in [-0.4, -0.2) is 60.5 Å². The van der Waals surface area contributed by atoms with Crippen LogP contribution < -0.4 is 10.6 Å². The zero-order valence-corrected chi connectivity index (χ0v) is 19.0. The molecule has 3 N–H and O–H groups in total. The summed E-state index contributed by atoms with van der Waals surface area (Å²) < 4.78 is 0. The molecule has 0 aromatic heterocycles. The van der Waals surface area contributed by atoms with Crippen LogP contribution in [0, 0.1) is 5.92 Å². The Morgan fingerprint density at radius 1 is 1.17 bits per heavy atom. The van der Waals surface area contributed by atoms with E-state index in [0.29, 0.717) is 0 Å². The van der Waals surface area contributed by atoms with Crippen molar-refractivity contribution in [3.8, 4) is 0 Å². The molecule has 7 heteroatoms. The SMILES string of the molecule is CNC(C(=O)NCC(=O)N(C)C(/C=C(\C)C(=O)O)C(C)C)C(C)(C)c1ccccc1. The summed E-state index contributed by atoms with van der Waals surface area (Å²) in [5.74, 6) is -1.56. The van der Waals surface area contributed by atoms with Gasteiger partial charge >= 0.3 is 5.97 Å². The van der Waals surface area contributed by atoms with E-state index in [1.807, 2.05) is 58.0 Å². The zero-order valence-electron chi connectivity index (χ0n) is 19.0. The van der Waals surface area contributed by atoms with E-state index < -0.39 is 17.4 Å². The van der Waals surface area contributed by atoms with Gasteiger partial charge in [-0.25, -0.2) is 4.79 Å². The largest absolute Gasteiger partial charge is 0.478 e. The van der Waals surface area contributed by atoms with Crippen LogP contribution in [0.25, 0.3) is 0 Å². The van der Waals surface area contributed by atoms with Gasteiger partial charge < -0.3 is 20.6 Å². The summed E-state index contributed by atoms with van der Waals surface area (Å²) >= 11 is 0. The molecule has 0 bridgehead atoms. The number of carboxylic acid groups (broad SMARTS) is 1. The fraction of sp³-hybridized carbons (Fsp3) is 0.522. The molecule has 0 aliphatic rings. The fourth-order valence-electron chi connectivity index (χ4n) is 3.49. The van der Waals surface area contributed by atoms with Crippen molar-refractivity contribution < 1.29 is 19.5 Å². The summed E-state index contributed by atoms with van der Waals surface area (Å²) in [4.78, 5) is 38.2. The molecule has 30 heavy (non-hydrogen) atoms. The molecule has 0 saturated heterocycles. The minimum absolute atomic E-state index is 0.0195. The van der Waals surface area contributed by atoms with Crippen molar-refractivity contribution in [3.63, 3.8) is 0 Å². The highest BCUT2D eigenvalue weighted by Crippen LogP contribution is 2.27. The third-order valence-electron chi connectivity index (χ3n) is 5.49. The van der Waals surface area contributed by atoms with E-state index in [9.17, 15) is 14.4 Å². The number of nitrogens with one attached hydrogen (secondary N) is 2. The van der Waals surface area contributed by atoms with Gasteiger partial charge in [0.25, 0.3) is 0 Å². The Labute approximate surface area is 179 Å². The van der Waals surface area contributed by atoms with Crippen molar-refractivity contribution in [2.24, 2.45) is 5.92 Å². The predicted molar refractivity (Wildman–Crippen MR) is 118 cm³/mol. The summed E-state index contributed by atoms with van der Waals surface area (Å²) in [6, 6.07) is 8.81.